The quantitative estimate of drug-likeness (QED) is 0.634. The average molecular weight is 420 g/mol. The summed E-state index contributed by atoms with van der Waals surface area (Å²) in [7, 11) is -1.29. The smallest absolute Gasteiger partial charge is 0.338 e. The van der Waals surface area contributed by atoms with E-state index in [1.807, 2.05) is 19.1 Å². The van der Waals surface area contributed by atoms with E-state index in [1.54, 1.807) is 12.1 Å². The summed E-state index contributed by atoms with van der Waals surface area (Å²) in [6.07, 6.45) is -0.190. The second-order valence-electron chi connectivity index (χ2n) is 6.18. The van der Waals surface area contributed by atoms with Crippen LogP contribution in [0.5, 0.6) is 5.75 Å². The van der Waals surface area contributed by atoms with Crippen molar-refractivity contribution in [2.75, 3.05) is 18.9 Å². The van der Waals surface area contributed by atoms with Gasteiger partial charge in [0.05, 0.1) is 12.7 Å². The van der Waals surface area contributed by atoms with Crippen molar-refractivity contribution < 1.29 is 27.5 Å². The van der Waals surface area contributed by atoms with Gasteiger partial charge in [-0.25, -0.2) is 13.2 Å². The number of benzene rings is 2. The molecule has 0 heterocycles. The van der Waals surface area contributed by atoms with Gasteiger partial charge in [0.1, 0.15) is 10.6 Å². The van der Waals surface area contributed by atoms with Gasteiger partial charge in [0.25, 0.3) is 15.9 Å². The summed E-state index contributed by atoms with van der Waals surface area (Å²) < 4.78 is 38.4. The highest BCUT2D eigenvalue weighted by molar-refractivity contribution is 7.92. The molecule has 0 saturated carbocycles. The van der Waals surface area contributed by atoms with Crippen LogP contribution in [0.4, 0.5) is 5.69 Å². The molecule has 2 rings (SSSR count). The summed E-state index contributed by atoms with van der Waals surface area (Å²) in [5.41, 5.74) is 1.43. The summed E-state index contributed by atoms with van der Waals surface area (Å²) in [6.45, 7) is 3.42. The predicted octanol–water partition coefficient (Wildman–Crippen LogP) is 2.35. The number of likely N-dealkylation sites (N-methyl/N-ethyl adjacent to an activating group) is 1. The molecular formula is C20H24N2O6S. The van der Waals surface area contributed by atoms with E-state index in [2.05, 4.69) is 10.0 Å². The summed E-state index contributed by atoms with van der Waals surface area (Å²) in [6, 6.07) is 10.8. The molecule has 0 fully saturated rings. The fraction of sp³-hybridized carbons (Fsp3) is 0.300. The Labute approximate surface area is 170 Å². The molecule has 0 bridgehead atoms. The maximum absolute atomic E-state index is 12.9. The van der Waals surface area contributed by atoms with Gasteiger partial charge in [0.2, 0.25) is 0 Å². The number of hydrogen-bond acceptors (Lipinski definition) is 6. The molecule has 0 aliphatic carbocycles. The first-order valence-corrected chi connectivity index (χ1v) is 10.4. The lowest BCUT2D eigenvalue weighted by atomic mass is 10.2. The third kappa shape index (κ3) is 5.47. The lowest BCUT2D eigenvalue weighted by molar-refractivity contribution is -0.128. The van der Waals surface area contributed by atoms with Gasteiger partial charge in [0, 0.05) is 12.7 Å². The Hall–Kier alpha value is -3.07. The molecule has 1 atom stereocenters. The molecule has 1 amide bonds. The van der Waals surface area contributed by atoms with Crippen molar-refractivity contribution in [3.8, 4) is 5.75 Å². The molecule has 0 aliphatic rings. The number of carbonyl (C=O) groups excluding carboxylic acids is 2. The number of anilines is 1. The maximum Gasteiger partial charge on any atom is 0.338 e. The average Bonchev–Trinajstić information content (AvgIpc) is 2.72. The van der Waals surface area contributed by atoms with Crippen LogP contribution in [-0.4, -0.2) is 40.6 Å². The van der Waals surface area contributed by atoms with Crippen LogP contribution in [0.15, 0.2) is 47.4 Å². The predicted molar refractivity (Wildman–Crippen MR) is 109 cm³/mol. The first-order chi connectivity index (χ1) is 13.7. The van der Waals surface area contributed by atoms with Gasteiger partial charge in [-0.2, -0.15) is 0 Å². The summed E-state index contributed by atoms with van der Waals surface area (Å²) >= 11 is 0. The van der Waals surface area contributed by atoms with E-state index in [0.29, 0.717) is 5.69 Å². The highest BCUT2D eigenvalue weighted by Gasteiger charge is 2.24. The Balaban J connectivity index is 2.33. The van der Waals surface area contributed by atoms with Crippen LogP contribution in [0, 0.1) is 0 Å². The van der Waals surface area contributed by atoms with Crippen LogP contribution in [0.2, 0.25) is 0 Å². The minimum atomic E-state index is -4.04. The molecule has 2 N–H and O–H groups in total. The minimum Gasteiger partial charge on any atom is -0.495 e. The van der Waals surface area contributed by atoms with Crippen molar-refractivity contribution in [3.63, 3.8) is 0 Å². The Morgan fingerprint density at radius 1 is 1.10 bits per heavy atom. The van der Waals surface area contributed by atoms with Crippen molar-refractivity contribution in [3.05, 3.63) is 53.6 Å². The minimum absolute atomic E-state index is 0.0248. The maximum atomic E-state index is 12.9. The van der Waals surface area contributed by atoms with Crippen molar-refractivity contribution >= 4 is 27.6 Å². The largest absolute Gasteiger partial charge is 0.495 e. The molecule has 0 spiro atoms. The number of methoxy groups -OCH3 is 1. The molecule has 0 radical (unpaired) electrons. The fourth-order valence-electron chi connectivity index (χ4n) is 2.52. The number of amides is 1. The van der Waals surface area contributed by atoms with Crippen LogP contribution in [0.3, 0.4) is 0 Å². The van der Waals surface area contributed by atoms with Crippen molar-refractivity contribution in [2.45, 2.75) is 31.3 Å². The molecule has 156 valence electrons. The second-order valence-corrected chi connectivity index (χ2v) is 7.83. The lowest BCUT2D eigenvalue weighted by Gasteiger charge is -2.15. The Morgan fingerprint density at radius 3 is 2.31 bits per heavy atom. The second kappa shape index (κ2) is 9.42. The zero-order chi connectivity index (χ0) is 21.6. The first kappa shape index (κ1) is 22.2. The highest BCUT2D eigenvalue weighted by atomic mass is 32.2. The van der Waals surface area contributed by atoms with Crippen molar-refractivity contribution in [1.29, 1.82) is 0 Å². The fourth-order valence-corrected chi connectivity index (χ4v) is 3.77. The van der Waals surface area contributed by atoms with Gasteiger partial charge in [0.15, 0.2) is 6.10 Å². The normalized spacial score (nSPS) is 12.0. The van der Waals surface area contributed by atoms with E-state index in [0.717, 1.165) is 18.1 Å². The third-order valence-electron chi connectivity index (χ3n) is 4.20. The van der Waals surface area contributed by atoms with Crippen LogP contribution in [-0.2, 0) is 26.0 Å². The number of aryl methyl sites for hydroxylation is 1. The Bertz CT molecular complexity index is 987. The van der Waals surface area contributed by atoms with Gasteiger partial charge in [-0.15, -0.1) is 0 Å². The number of ether oxygens (including phenoxy) is 2. The van der Waals surface area contributed by atoms with Crippen molar-refractivity contribution in [2.24, 2.45) is 0 Å². The number of hydrogen-bond donors (Lipinski definition) is 2. The van der Waals surface area contributed by atoms with Gasteiger partial charge in [-0.1, -0.05) is 19.1 Å². The third-order valence-corrected chi connectivity index (χ3v) is 5.61. The number of nitrogens with one attached hydrogen (secondary N) is 2. The summed E-state index contributed by atoms with van der Waals surface area (Å²) in [4.78, 5) is 23.6. The zero-order valence-electron chi connectivity index (χ0n) is 16.7. The monoisotopic (exact) mass is 420 g/mol. The highest BCUT2D eigenvalue weighted by Crippen LogP contribution is 2.27. The first-order valence-electron chi connectivity index (χ1n) is 8.94. The zero-order valence-corrected chi connectivity index (χ0v) is 17.5. The van der Waals surface area contributed by atoms with Gasteiger partial charge in [-0.3, -0.25) is 9.52 Å². The van der Waals surface area contributed by atoms with Crippen LogP contribution in [0.1, 0.15) is 29.8 Å². The lowest BCUT2D eigenvalue weighted by Crippen LogP contribution is -2.33. The molecular weight excluding hydrogens is 396 g/mol. The summed E-state index contributed by atoms with van der Waals surface area (Å²) in [5, 5.41) is 2.37. The summed E-state index contributed by atoms with van der Waals surface area (Å²) in [5.74, 6) is -1.23. The topological polar surface area (TPSA) is 111 Å². The number of carbonyl (C=O) groups is 2. The molecule has 8 nitrogen and oxygen atoms in total. The number of rotatable bonds is 8. The van der Waals surface area contributed by atoms with E-state index in [4.69, 9.17) is 9.47 Å². The molecule has 29 heavy (non-hydrogen) atoms. The molecule has 0 aliphatic heterocycles. The van der Waals surface area contributed by atoms with Gasteiger partial charge in [-0.05, 0) is 49.2 Å². The Kier molecular flexibility index (Phi) is 7.22. The number of sulfonamides is 1. The van der Waals surface area contributed by atoms with Crippen LogP contribution >= 0.6 is 0 Å². The van der Waals surface area contributed by atoms with E-state index in [-0.39, 0.29) is 16.2 Å². The van der Waals surface area contributed by atoms with Crippen molar-refractivity contribution in [1.82, 2.24) is 5.32 Å². The molecule has 2 aromatic rings. The Morgan fingerprint density at radius 2 is 1.76 bits per heavy atom. The SMILES string of the molecule is CCc1ccc(NS(=O)(=O)c2cc(C(=O)O[C@@H](C)C(=O)NC)ccc2OC)cc1. The molecule has 0 aromatic heterocycles. The van der Waals surface area contributed by atoms with E-state index in [1.165, 1.54) is 33.2 Å². The molecule has 0 unspecified atom stereocenters. The van der Waals surface area contributed by atoms with E-state index >= 15 is 0 Å². The van der Waals surface area contributed by atoms with Gasteiger partial charge < -0.3 is 14.8 Å². The molecule has 9 heteroatoms. The van der Waals surface area contributed by atoms with Gasteiger partial charge >= 0.3 is 5.97 Å². The van der Waals surface area contributed by atoms with Crippen LogP contribution < -0.4 is 14.8 Å². The van der Waals surface area contributed by atoms with Crippen LogP contribution in [0.25, 0.3) is 0 Å². The van der Waals surface area contributed by atoms with E-state index < -0.39 is 28.0 Å². The molecule has 2 aromatic carbocycles. The standard InChI is InChI=1S/C20H24N2O6S/c1-5-14-6-9-16(10-7-14)22-29(25,26)18-12-15(8-11-17(18)27-4)20(24)28-13(2)19(23)21-3/h6-13,22H,5H2,1-4H3,(H,21,23)/t13-/m0/s1. The van der Waals surface area contributed by atoms with E-state index in [9.17, 15) is 18.0 Å². The molecule has 0 saturated heterocycles. The number of esters is 1.